The van der Waals surface area contributed by atoms with Crippen molar-refractivity contribution in [2.24, 2.45) is 0 Å². The molecule has 3 nitrogen and oxygen atoms in total. The van der Waals surface area contributed by atoms with Crippen LogP contribution in [-0.4, -0.2) is 44.4 Å². The summed E-state index contributed by atoms with van der Waals surface area (Å²) in [6.07, 6.45) is 1.49. The molecule has 0 amide bonds. The smallest absolute Gasteiger partial charge is 0.109 e. The molecule has 11 heavy (non-hydrogen) atoms. The molecule has 0 aliphatic carbocycles. The molecule has 1 saturated heterocycles. The Morgan fingerprint density at radius 1 is 1.64 bits per heavy atom. The van der Waals surface area contributed by atoms with Gasteiger partial charge in [-0.05, 0) is 13.5 Å². The third kappa shape index (κ3) is 2.54. The summed E-state index contributed by atoms with van der Waals surface area (Å²) in [5.74, 6) is 0. The summed E-state index contributed by atoms with van der Waals surface area (Å²) in [5.41, 5.74) is 0. The van der Waals surface area contributed by atoms with E-state index in [0.717, 1.165) is 19.6 Å². The summed E-state index contributed by atoms with van der Waals surface area (Å²) in [6.45, 7) is 1.83. The molecule has 66 valence electrons. The van der Waals surface area contributed by atoms with Crippen LogP contribution >= 0.6 is 23.0 Å². The van der Waals surface area contributed by atoms with Crippen LogP contribution < -0.4 is 0 Å². The molecule has 0 spiro atoms. The van der Waals surface area contributed by atoms with E-state index in [1.165, 1.54) is 0 Å². The van der Waals surface area contributed by atoms with E-state index in [9.17, 15) is 0 Å². The summed E-state index contributed by atoms with van der Waals surface area (Å²) in [7, 11) is 3.88. The van der Waals surface area contributed by atoms with Gasteiger partial charge < -0.3 is 7.80 Å². The highest BCUT2D eigenvalue weighted by molar-refractivity contribution is 14.1. The predicted octanol–water partition coefficient (Wildman–Crippen LogP) is 1.07. The van der Waals surface area contributed by atoms with Crippen molar-refractivity contribution in [1.29, 1.82) is 0 Å². The minimum atomic E-state index is 0.400. The van der Waals surface area contributed by atoms with E-state index in [4.69, 9.17) is 7.80 Å². The molecule has 0 aromatic rings. The van der Waals surface area contributed by atoms with Crippen molar-refractivity contribution < 1.29 is 7.80 Å². The zero-order valence-electron chi connectivity index (χ0n) is 6.92. The zero-order chi connectivity index (χ0) is 8.27. The topological polar surface area (TPSA) is 21.7 Å². The number of hydrogen-bond donors (Lipinski definition) is 0. The fourth-order valence-electron chi connectivity index (χ4n) is 1.47. The maximum Gasteiger partial charge on any atom is 0.109 e. The lowest BCUT2D eigenvalue weighted by Crippen LogP contribution is -2.28. The largest absolute Gasteiger partial charge is 0.380 e. The maximum absolute atomic E-state index is 5.26. The minimum Gasteiger partial charge on any atom is -0.380 e. The highest BCUT2D eigenvalue weighted by Gasteiger charge is 2.29. The first-order valence-electron chi connectivity index (χ1n) is 3.74. The Kier molecular flexibility index (Phi) is 4.05. The lowest BCUT2D eigenvalue weighted by molar-refractivity contribution is 0.111. The predicted molar refractivity (Wildman–Crippen MR) is 51.8 cm³/mol. The van der Waals surface area contributed by atoms with Gasteiger partial charge in [-0.1, -0.05) is 0 Å². The van der Waals surface area contributed by atoms with Crippen molar-refractivity contribution >= 4 is 23.0 Å². The minimum absolute atomic E-state index is 0.400. The van der Waals surface area contributed by atoms with Gasteiger partial charge in [-0.25, -0.2) is 0 Å². The molecule has 4 heteroatoms. The van der Waals surface area contributed by atoms with Gasteiger partial charge in [0, 0.05) is 19.7 Å². The Bertz CT molecular complexity index is 123. The van der Waals surface area contributed by atoms with Gasteiger partial charge in [-0.2, -0.15) is 0 Å². The average molecular weight is 271 g/mol. The molecule has 1 heterocycles. The van der Waals surface area contributed by atoms with Gasteiger partial charge in [0.05, 0.1) is 12.7 Å². The Balaban J connectivity index is 2.32. The third-order valence-corrected chi connectivity index (χ3v) is 2.60. The number of ether oxygens (including phenoxy) is 1. The Hall–Kier alpha value is 0.610. The van der Waals surface area contributed by atoms with Crippen LogP contribution in [0.3, 0.4) is 0 Å². The van der Waals surface area contributed by atoms with Crippen molar-refractivity contribution in [3.63, 3.8) is 0 Å². The van der Waals surface area contributed by atoms with Crippen molar-refractivity contribution in [2.75, 3.05) is 27.3 Å². The molecular weight excluding hydrogens is 257 g/mol. The van der Waals surface area contributed by atoms with Crippen LogP contribution in [0.15, 0.2) is 0 Å². The zero-order valence-corrected chi connectivity index (χ0v) is 9.08. The first kappa shape index (κ1) is 9.70. The van der Waals surface area contributed by atoms with Gasteiger partial charge in [-0.15, -0.1) is 0 Å². The van der Waals surface area contributed by atoms with Gasteiger partial charge in [0.25, 0.3) is 0 Å². The lowest BCUT2D eigenvalue weighted by atomic mass is 10.2. The molecule has 2 unspecified atom stereocenters. The van der Waals surface area contributed by atoms with Crippen LogP contribution in [-0.2, 0) is 7.80 Å². The summed E-state index contributed by atoms with van der Waals surface area (Å²) >= 11 is 1.94. The van der Waals surface area contributed by atoms with Crippen molar-refractivity contribution in [1.82, 2.24) is 4.90 Å². The highest BCUT2D eigenvalue weighted by atomic mass is 127. The van der Waals surface area contributed by atoms with Crippen LogP contribution in [0.25, 0.3) is 0 Å². The van der Waals surface area contributed by atoms with Crippen molar-refractivity contribution in [2.45, 2.75) is 18.6 Å². The molecule has 0 N–H and O–H groups in total. The second-order valence-electron chi connectivity index (χ2n) is 2.96. The van der Waals surface area contributed by atoms with E-state index >= 15 is 0 Å². The number of methoxy groups -OCH3 is 1. The molecule has 2 atom stereocenters. The number of likely N-dealkylation sites (tertiary alicyclic amines) is 1. The number of nitrogens with zero attached hydrogens (tertiary/aromatic N) is 1. The summed E-state index contributed by atoms with van der Waals surface area (Å²) in [5, 5.41) is 0. The fraction of sp³-hybridized carbons (Fsp3) is 1.00. The van der Waals surface area contributed by atoms with Gasteiger partial charge in [0.15, 0.2) is 0 Å². The molecule has 1 fully saturated rings. The van der Waals surface area contributed by atoms with Crippen molar-refractivity contribution in [3.8, 4) is 0 Å². The maximum atomic E-state index is 5.26. The second kappa shape index (κ2) is 4.59. The summed E-state index contributed by atoms with van der Waals surface area (Å²) in [6, 6.07) is 0.539. The second-order valence-corrected chi connectivity index (χ2v) is 3.59. The average Bonchev–Trinajstić information content (AvgIpc) is 2.33. The van der Waals surface area contributed by atoms with Gasteiger partial charge >= 0.3 is 0 Å². The van der Waals surface area contributed by atoms with Gasteiger partial charge in [0.2, 0.25) is 0 Å². The molecule has 0 bridgehead atoms. The van der Waals surface area contributed by atoms with E-state index in [1.807, 2.05) is 23.0 Å². The molecule has 0 radical (unpaired) electrons. The van der Waals surface area contributed by atoms with Crippen LogP contribution in [0.2, 0.25) is 0 Å². The van der Waals surface area contributed by atoms with E-state index < -0.39 is 0 Å². The first-order valence-corrected chi connectivity index (χ1v) is 4.62. The molecule has 1 aliphatic heterocycles. The summed E-state index contributed by atoms with van der Waals surface area (Å²) in [4.78, 5) is 2.28. The van der Waals surface area contributed by atoms with Crippen LogP contribution in [0.1, 0.15) is 6.42 Å². The van der Waals surface area contributed by atoms with Crippen LogP contribution in [0.5, 0.6) is 0 Å². The molecule has 1 rings (SSSR count). The van der Waals surface area contributed by atoms with Crippen LogP contribution in [0.4, 0.5) is 0 Å². The van der Waals surface area contributed by atoms with E-state index in [0.29, 0.717) is 12.1 Å². The first-order chi connectivity index (χ1) is 5.27. The normalized spacial score (nSPS) is 33.0. The van der Waals surface area contributed by atoms with E-state index in [1.54, 1.807) is 7.11 Å². The molecular formula is C7H14INO2. The Morgan fingerprint density at radius 3 is 2.82 bits per heavy atom. The summed E-state index contributed by atoms with van der Waals surface area (Å²) < 4.78 is 10.3. The monoisotopic (exact) mass is 271 g/mol. The molecule has 1 aliphatic rings. The van der Waals surface area contributed by atoms with E-state index in [2.05, 4.69) is 11.9 Å². The van der Waals surface area contributed by atoms with Crippen LogP contribution in [0, 0.1) is 0 Å². The Labute approximate surface area is 81.7 Å². The highest BCUT2D eigenvalue weighted by Crippen LogP contribution is 2.18. The number of likely N-dealkylation sites (N-methyl/N-ethyl adjacent to an activating group) is 1. The SMILES string of the molecule is COC1CC(COI)N(C)C1. The molecule has 0 aromatic carbocycles. The number of halogens is 1. The Morgan fingerprint density at radius 2 is 2.36 bits per heavy atom. The molecule has 0 saturated carbocycles. The fourth-order valence-corrected chi connectivity index (χ4v) is 1.88. The lowest BCUT2D eigenvalue weighted by Gasteiger charge is -2.16. The standard InChI is InChI=1S/C7H14INO2/c1-9-4-7(10-2)3-6(9)5-11-8/h6-7H,3-5H2,1-2H3. The van der Waals surface area contributed by atoms with E-state index in [-0.39, 0.29) is 0 Å². The number of hydrogen-bond acceptors (Lipinski definition) is 3. The quantitative estimate of drug-likeness (QED) is 0.717. The van der Waals surface area contributed by atoms with Gasteiger partial charge in [-0.3, -0.25) is 4.90 Å². The van der Waals surface area contributed by atoms with Crippen molar-refractivity contribution in [3.05, 3.63) is 0 Å². The molecule has 0 aromatic heterocycles. The third-order valence-electron chi connectivity index (χ3n) is 2.24. The van der Waals surface area contributed by atoms with Gasteiger partial charge in [0.1, 0.15) is 23.0 Å². The number of rotatable bonds is 3.